The molecule has 0 atom stereocenters. The Morgan fingerprint density at radius 1 is 0.900 bits per heavy atom. The fraction of sp³-hybridized carbons (Fsp3) is 0.476. The van der Waals surface area contributed by atoms with Gasteiger partial charge in [-0.3, -0.25) is 9.62 Å². The number of halogens is 2. The summed E-state index contributed by atoms with van der Waals surface area (Å²) in [7, 11) is -3.25. The van der Waals surface area contributed by atoms with Crippen LogP contribution in [-0.4, -0.2) is 56.8 Å². The number of pyridine rings is 1. The van der Waals surface area contributed by atoms with Gasteiger partial charge in [0.25, 0.3) is 0 Å². The maximum atomic E-state index is 11.3. The van der Waals surface area contributed by atoms with Gasteiger partial charge >= 0.3 is 0 Å². The Kier molecular flexibility index (Phi) is 8.79. The predicted octanol–water partition coefficient (Wildman–Crippen LogP) is 4.03. The molecule has 1 N–H and O–H groups in total. The number of hydrogen-bond donors (Lipinski definition) is 1. The molecular weight excluding hydrogens is 443 g/mol. The second kappa shape index (κ2) is 10.7. The van der Waals surface area contributed by atoms with Crippen molar-refractivity contribution in [3.8, 4) is 11.1 Å². The molecule has 30 heavy (non-hydrogen) atoms. The van der Waals surface area contributed by atoms with E-state index in [1.54, 1.807) is 12.1 Å². The van der Waals surface area contributed by atoms with Crippen LogP contribution in [0.15, 0.2) is 42.6 Å². The average molecular weight is 473 g/mol. The van der Waals surface area contributed by atoms with Gasteiger partial charge in [0.1, 0.15) is 5.82 Å². The Morgan fingerprint density at radius 3 is 2.03 bits per heavy atom. The molecule has 9 heteroatoms. The summed E-state index contributed by atoms with van der Waals surface area (Å²) in [6, 6.07) is 12.3. The van der Waals surface area contributed by atoms with Gasteiger partial charge in [0.2, 0.25) is 10.0 Å². The molecule has 2 fully saturated rings. The van der Waals surface area contributed by atoms with Crippen LogP contribution in [0, 0.1) is 0 Å². The molecule has 0 spiro atoms. The number of nitrogens with one attached hydrogen (secondary N) is 1. The number of nitrogens with zero attached hydrogens (tertiary/aromatic N) is 3. The number of rotatable bonds is 5. The number of hydrogen-bond acceptors (Lipinski definition) is 5. The van der Waals surface area contributed by atoms with E-state index in [-0.39, 0.29) is 24.8 Å². The summed E-state index contributed by atoms with van der Waals surface area (Å²) in [5.41, 5.74) is 2.61. The molecule has 1 aromatic carbocycles. The van der Waals surface area contributed by atoms with E-state index in [0.29, 0.717) is 5.69 Å². The molecule has 0 bridgehead atoms. The highest BCUT2D eigenvalue weighted by Gasteiger charge is 2.26. The van der Waals surface area contributed by atoms with Crippen molar-refractivity contribution in [2.75, 3.05) is 42.1 Å². The van der Waals surface area contributed by atoms with Crippen molar-refractivity contribution >= 4 is 46.3 Å². The Morgan fingerprint density at radius 2 is 1.50 bits per heavy atom. The van der Waals surface area contributed by atoms with Gasteiger partial charge in [0.15, 0.2) is 0 Å². The van der Waals surface area contributed by atoms with Crippen molar-refractivity contribution in [1.29, 1.82) is 0 Å². The highest BCUT2D eigenvalue weighted by atomic mass is 35.5. The summed E-state index contributed by atoms with van der Waals surface area (Å²) in [6.07, 6.45) is 8.56. The fourth-order valence-corrected chi connectivity index (χ4v) is 4.84. The molecule has 0 unspecified atom stereocenters. The standard InChI is InChI=1S/C21H28N4O2S.2ClH/c1-28(26,27)23-19-9-6-17(7-10-19)18-8-11-21(22-16-18)25-14-12-24(13-15-25)20-4-2-3-5-20;;/h6-11,16,20,23H,2-5,12-15H2,1H3;2*1H. The first-order chi connectivity index (χ1) is 13.5. The van der Waals surface area contributed by atoms with Crippen LogP contribution in [0.25, 0.3) is 11.1 Å². The first-order valence-corrected chi connectivity index (χ1v) is 11.9. The van der Waals surface area contributed by atoms with Gasteiger partial charge in [-0.15, -0.1) is 24.8 Å². The minimum Gasteiger partial charge on any atom is -0.354 e. The van der Waals surface area contributed by atoms with Crippen molar-refractivity contribution in [1.82, 2.24) is 9.88 Å². The van der Waals surface area contributed by atoms with Crippen LogP contribution < -0.4 is 9.62 Å². The number of aromatic nitrogens is 1. The fourth-order valence-electron chi connectivity index (χ4n) is 4.27. The molecular formula is C21H30Cl2N4O2S. The lowest BCUT2D eigenvalue weighted by atomic mass is 10.1. The van der Waals surface area contributed by atoms with Gasteiger partial charge in [-0.25, -0.2) is 13.4 Å². The first kappa shape index (κ1) is 24.7. The van der Waals surface area contributed by atoms with Crippen LogP contribution in [0.4, 0.5) is 11.5 Å². The lowest BCUT2D eigenvalue weighted by molar-refractivity contribution is 0.187. The molecule has 1 saturated carbocycles. The van der Waals surface area contributed by atoms with E-state index in [0.717, 1.165) is 55.4 Å². The van der Waals surface area contributed by atoms with Gasteiger partial charge in [0.05, 0.1) is 6.26 Å². The van der Waals surface area contributed by atoms with E-state index in [4.69, 9.17) is 0 Å². The number of benzene rings is 1. The number of anilines is 2. The van der Waals surface area contributed by atoms with Crippen LogP contribution in [0.3, 0.4) is 0 Å². The SMILES string of the molecule is CS(=O)(=O)Nc1ccc(-c2ccc(N3CCN(C4CCCC4)CC3)nc2)cc1.Cl.Cl. The summed E-state index contributed by atoms with van der Waals surface area (Å²) in [4.78, 5) is 9.71. The zero-order chi connectivity index (χ0) is 19.6. The third kappa shape index (κ3) is 6.23. The molecule has 1 saturated heterocycles. The van der Waals surface area contributed by atoms with E-state index in [1.165, 1.54) is 25.7 Å². The first-order valence-electron chi connectivity index (χ1n) is 10.0. The van der Waals surface area contributed by atoms with Crippen LogP contribution in [0.1, 0.15) is 25.7 Å². The maximum absolute atomic E-state index is 11.3. The summed E-state index contributed by atoms with van der Waals surface area (Å²) in [5, 5.41) is 0. The molecule has 0 radical (unpaired) electrons. The second-order valence-corrected chi connectivity index (χ2v) is 9.57. The molecule has 1 aromatic heterocycles. The third-order valence-corrected chi connectivity index (χ3v) is 6.36. The summed E-state index contributed by atoms with van der Waals surface area (Å²) < 4.78 is 25.1. The zero-order valence-corrected chi connectivity index (χ0v) is 19.6. The molecule has 166 valence electrons. The molecule has 2 aliphatic rings. The molecule has 0 amide bonds. The topological polar surface area (TPSA) is 65.5 Å². The smallest absolute Gasteiger partial charge is 0.229 e. The van der Waals surface area contributed by atoms with Crippen LogP contribution in [-0.2, 0) is 10.0 Å². The quantitative estimate of drug-likeness (QED) is 0.711. The molecule has 2 heterocycles. The van der Waals surface area contributed by atoms with Crippen LogP contribution in [0.2, 0.25) is 0 Å². The lowest BCUT2D eigenvalue weighted by Crippen LogP contribution is -2.49. The van der Waals surface area contributed by atoms with Gasteiger partial charge in [0, 0.05) is 49.7 Å². The zero-order valence-electron chi connectivity index (χ0n) is 17.2. The normalized spacial score (nSPS) is 17.8. The van der Waals surface area contributed by atoms with E-state index < -0.39 is 10.0 Å². The lowest BCUT2D eigenvalue weighted by Gasteiger charge is -2.38. The Balaban J connectivity index is 0.00000160. The number of sulfonamides is 1. The summed E-state index contributed by atoms with van der Waals surface area (Å²) in [6.45, 7) is 4.33. The second-order valence-electron chi connectivity index (χ2n) is 7.82. The largest absolute Gasteiger partial charge is 0.354 e. The van der Waals surface area contributed by atoms with Crippen molar-refractivity contribution in [2.24, 2.45) is 0 Å². The molecule has 6 nitrogen and oxygen atoms in total. The number of piperazine rings is 1. The van der Waals surface area contributed by atoms with Gasteiger partial charge in [-0.05, 0) is 42.7 Å². The Bertz CT molecular complexity index is 894. The maximum Gasteiger partial charge on any atom is 0.229 e. The summed E-state index contributed by atoms with van der Waals surface area (Å²) in [5.74, 6) is 1.03. The molecule has 4 rings (SSSR count). The van der Waals surface area contributed by atoms with Crippen molar-refractivity contribution in [3.63, 3.8) is 0 Å². The molecule has 1 aliphatic heterocycles. The monoisotopic (exact) mass is 472 g/mol. The average Bonchev–Trinajstić information content (AvgIpc) is 3.23. The molecule has 1 aliphatic carbocycles. The Hall–Kier alpha value is -1.54. The van der Waals surface area contributed by atoms with Gasteiger partial charge in [-0.1, -0.05) is 25.0 Å². The van der Waals surface area contributed by atoms with Crippen LogP contribution >= 0.6 is 24.8 Å². The van der Waals surface area contributed by atoms with Crippen molar-refractivity contribution < 1.29 is 8.42 Å². The highest BCUT2D eigenvalue weighted by molar-refractivity contribution is 7.92. The van der Waals surface area contributed by atoms with Crippen molar-refractivity contribution in [3.05, 3.63) is 42.6 Å². The van der Waals surface area contributed by atoms with E-state index in [2.05, 4.69) is 31.6 Å². The minimum atomic E-state index is -3.25. The predicted molar refractivity (Wildman–Crippen MR) is 129 cm³/mol. The van der Waals surface area contributed by atoms with E-state index in [9.17, 15) is 8.42 Å². The van der Waals surface area contributed by atoms with Crippen molar-refractivity contribution in [2.45, 2.75) is 31.7 Å². The van der Waals surface area contributed by atoms with Gasteiger partial charge in [-0.2, -0.15) is 0 Å². The van der Waals surface area contributed by atoms with E-state index in [1.807, 2.05) is 18.3 Å². The van der Waals surface area contributed by atoms with E-state index >= 15 is 0 Å². The van der Waals surface area contributed by atoms with Gasteiger partial charge < -0.3 is 4.90 Å². The minimum absolute atomic E-state index is 0. The molecule has 2 aromatic rings. The summed E-state index contributed by atoms with van der Waals surface area (Å²) >= 11 is 0. The Labute approximate surface area is 191 Å². The van der Waals surface area contributed by atoms with Crippen LogP contribution in [0.5, 0.6) is 0 Å². The highest BCUT2D eigenvalue weighted by Crippen LogP contribution is 2.26. The third-order valence-electron chi connectivity index (χ3n) is 5.75.